The molecule has 0 aromatic heterocycles. The minimum absolute atomic E-state index is 0.0545. The Labute approximate surface area is 125 Å². The third kappa shape index (κ3) is 4.28. The summed E-state index contributed by atoms with van der Waals surface area (Å²) in [6.07, 6.45) is 4.06. The van der Waals surface area contributed by atoms with Gasteiger partial charge in [0.1, 0.15) is 6.61 Å². The standard InChI is InChI=1S/C15H20O5S/c1-11-6-7-13(21(2,17)18)9-14(11)15(16)20-10-12-5-3-4-8-19-12/h6-7,9,12H,3-5,8,10H2,1-2H3. The molecule has 1 aliphatic rings. The monoisotopic (exact) mass is 312 g/mol. The molecule has 1 aromatic rings. The van der Waals surface area contributed by atoms with Crippen LogP contribution in [0.3, 0.4) is 0 Å². The van der Waals surface area contributed by atoms with E-state index in [2.05, 4.69) is 0 Å². The minimum Gasteiger partial charge on any atom is -0.459 e. The van der Waals surface area contributed by atoms with Crippen molar-refractivity contribution in [2.75, 3.05) is 19.5 Å². The summed E-state index contributed by atoms with van der Waals surface area (Å²) in [5, 5.41) is 0. The first kappa shape index (κ1) is 16.0. The van der Waals surface area contributed by atoms with Crippen molar-refractivity contribution < 1.29 is 22.7 Å². The van der Waals surface area contributed by atoms with Crippen molar-refractivity contribution in [2.45, 2.75) is 37.2 Å². The van der Waals surface area contributed by atoms with Gasteiger partial charge >= 0.3 is 5.97 Å². The average Bonchev–Trinajstić information content (AvgIpc) is 2.45. The fourth-order valence-electron chi connectivity index (χ4n) is 2.24. The van der Waals surface area contributed by atoms with Gasteiger partial charge in [0.05, 0.1) is 16.6 Å². The summed E-state index contributed by atoms with van der Waals surface area (Å²) in [6.45, 7) is 2.66. The number of carbonyl (C=O) groups excluding carboxylic acids is 1. The summed E-state index contributed by atoms with van der Waals surface area (Å²) in [4.78, 5) is 12.2. The van der Waals surface area contributed by atoms with E-state index >= 15 is 0 Å². The van der Waals surface area contributed by atoms with Crippen molar-refractivity contribution in [1.29, 1.82) is 0 Å². The first-order chi connectivity index (χ1) is 9.88. The zero-order chi connectivity index (χ0) is 15.5. The molecule has 21 heavy (non-hydrogen) atoms. The van der Waals surface area contributed by atoms with Gasteiger partial charge in [-0.15, -0.1) is 0 Å². The zero-order valence-corrected chi connectivity index (χ0v) is 13.1. The van der Waals surface area contributed by atoms with Crippen molar-refractivity contribution in [1.82, 2.24) is 0 Å². The molecular weight excluding hydrogens is 292 g/mol. The number of rotatable bonds is 4. The smallest absolute Gasteiger partial charge is 0.338 e. The number of hydrogen-bond donors (Lipinski definition) is 0. The highest BCUT2D eigenvalue weighted by Gasteiger charge is 2.19. The van der Waals surface area contributed by atoms with Gasteiger partial charge in [0.15, 0.2) is 9.84 Å². The van der Waals surface area contributed by atoms with Gasteiger partial charge in [-0.3, -0.25) is 0 Å². The van der Waals surface area contributed by atoms with E-state index in [0.717, 1.165) is 25.5 Å². The third-order valence-electron chi connectivity index (χ3n) is 3.53. The lowest BCUT2D eigenvalue weighted by Crippen LogP contribution is -2.26. The van der Waals surface area contributed by atoms with Crippen LogP contribution in [-0.4, -0.2) is 40.0 Å². The van der Waals surface area contributed by atoms with E-state index in [0.29, 0.717) is 12.2 Å². The van der Waals surface area contributed by atoms with E-state index in [1.54, 1.807) is 13.0 Å². The van der Waals surface area contributed by atoms with Gasteiger partial charge in [-0.25, -0.2) is 13.2 Å². The van der Waals surface area contributed by atoms with Crippen LogP contribution < -0.4 is 0 Å². The van der Waals surface area contributed by atoms with Crippen LogP contribution in [0.2, 0.25) is 0 Å². The summed E-state index contributed by atoms with van der Waals surface area (Å²) in [5.41, 5.74) is 0.977. The highest BCUT2D eigenvalue weighted by molar-refractivity contribution is 7.90. The maximum Gasteiger partial charge on any atom is 0.338 e. The predicted molar refractivity (Wildman–Crippen MR) is 78.2 cm³/mol. The van der Waals surface area contributed by atoms with Crippen molar-refractivity contribution in [3.05, 3.63) is 29.3 Å². The number of benzene rings is 1. The Morgan fingerprint density at radius 1 is 1.38 bits per heavy atom. The Balaban J connectivity index is 2.07. The lowest BCUT2D eigenvalue weighted by Gasteiger charge is -2.22. The number of carbonyl (C=O) groups is 1. The molecule has 0 aliphatic carbocycles. The number of ether oxygens (including phenoxy) is 2. The topological polar surface area (TPSA) is 69.7 Å². The minimum atomic E-state index is -3.34. The highest BCUT2D eigenvalue weighted by Crippen LogP contribution is 2.18. The number of hydrogen-bond acceptors (Lipinski definition) is 5. The Kier molecular flexibility index (Phi) is 5.00. The van der Waals surface area contributed by atoms with E-state index < -0.39 is 15.8 Å². The molecule has 5 nitrogen and oxygen atoms in total. The van der Waals surface area contributed by atoms with Gasteiger partial charge in [-0.05, 0) is 43.9 Å². The lowest BCUT2D eigenvalue weighted by atomic mass is 10.1. The first-order valence-corrected chi connectivity index (χ1v) is 8.86. The van der Waals surface area contributed by atoms with Crippen LogP contribution in [0.5, 0.6) is 0 Å². The van der Waals surface area contributed by atoms with Crippen LogP contribution in [0.25, 0.3) is 0 Å². The second-order valence-corrected chi connectivity index (χ2v) is 7.35. The second-order valence-electron chi connectivity index (χ2n) is 5.34. The number of sulfone groups is 1. The third-order valence-corrected chi connectivity index (χ3v) is 4.64. The summed E-state index contributed by atoms with van der Waals surface area (Å²) in [6, 6.07) is 4.48. The van der Waals surface area contributed by atoms with Gasteiger partial charge in [0, 0.05) is 12.9 Å². The molecule has 2 rings (SSSR count). The zero-order valence-electron chi connectivity index (χ0n) is 12.3. The predicted octanol–water partition coefficient (Wildman–Crippen LogP) is 2.12. The van der Waals surface area contributed by atoms with E-state index in [-0.39, 0.29) is 23.2 Å². The van der Waals surface area contributed by atoms with Gasteiger partial charge in [-0.1, -0.05) is 6.07 Å². The van der Waals surface area contributed by atoms with Gasteiger partial charge in [0.25, 0.3) is 0 Å². The molecule has 1 saturated heterocycles. The van der Waals surface area contributed by atoms with Gasteiger partial charge in [0.2, 0.25) is 0 Å². The quantitative estimate of drug-likeness (QED) is 0.797. The molecule has 1 aliphatic heterocycles. The molecular formula is C15H20O5S. The molecule has 0 radical (unpaired) electrons. The lowest BCUT2D eigenvalue weighted by molar-refractivity contribution is -0.0300. The maximum absolute atomic E-state index is 12.1. The van der Waals surface area contributed by atoms with Crippen LogP contribution in [0.4, 0.5) is 0 Å². The Morgan fingerprint density at radius 2 is 2.14 bits per heavy atom. The Morgan fingerprint density at radius 3 is 2.76 bits per heavy atom. The molecule has 1 aromatic carbocycles. The summed E-state index contributed by atoms with van der Waals surface area (Å²) >= 11 is 0. The summed E-state index contributed by atoms with van der Waals surface area (Å²) in [5.74, 6) is -0.507. The van der Waals surface area contributed by atoms with E-state index in [4.69, 9.17) is 9.47 Å². The van der Waals surface area contributed by atoms with E-state index in [1.807, 2.05) is 0 Å². The number of aryl methyl sites for hydroxylation is 1. The van der Waals surface area contributed by atoms with Gasteiger partial charge < -0.3 is 9.47 Å². The molecule has 1 fully saturated rings. The molecule has 1 heterocycles. The molecule has 6 heteroatoms. The normalized spacial score (nSPS) is 19.2. The average molecular weight is 312 g/mol. The van der Waals surface area contributed by atoms with Crippen LogP contribution in [0.1, 0.15) is 35.2 Å². The van der Waals surface area contributed by atoms with Crippen molar-refractivity contribution in [3.8, 4) is 0 Å². The highest BCUT2D eigenvalue weighted by atomic mass is 32.2. The molecule has 0 bridgehead atoms. The van der Waals surface area contributed by atoms with E-state index in [9.17, 15) is 13.2 Å². The van der Waals surface area contributed by atoms with E-state index in [1.165, 1.54) is 12.1 Å². The van der Waals surface area contributed by atoms with Crippen LogP contribution in [-0.2, 0) is 19.3 Å². The van der Waals surface area contributed by atoms with Crippen molar-refractivity contribution >= 4 is 15.8 Å². The maximum atomic E-state index is 12.1. The summed E-state index contributed by atoms with van der Waals surface area (Å²) < 4.78 is 33.9. The largest absolute Gasteiger partial charge is 0.459 e. The van der Waals surface area contributed by atoms with Crippen LogP contribution >= 0.6 is 0 Å². The van der Waals surface area contributed by atoms with Crippen LogP contribution in [0, 0.1) is 6.92 Å². The molecule has 1 atom stereocenters. The summed E-state index contributed by atoms with van der Waals surface area (Å²) in [7, 11) is -3.34. The fraction of sp³-hybridized carbons (Fsp3) is 0.533. The van der Waals surface area contributed by atoms with Gasteiger partial charge in [-0.2, -0.15) is 0 Å². The Hall–Kier alpha value is -1.40. The van der Waals surface area contributed by atoms with Crippen molar-refractivity contribution in [2.24, 2.45) is 0 Å². The SMILES string of the molecule is Cc1ccc(S(C)(=O)=O)cc1C(=O)OCC1CCCCO1. The number of esters is 1. The fourth-order valence-corrected chi connectivity index (χ4v) is 2.88. The Bertz CT molecular complexity index is 615. The molecule has 116 valence electrons. The molecule has 0 saturated carbocycles. The molecule has 0 spiro atoms. The van der Waals surface area contributed by atoms with Crippen LogP contribution in [0.15, 0.2) is 23.1 Å². The molecule has 0 amide bonds. The molecule has 0 N–H and O–H groups in total. The van der Waals surface area contributed by atoms with Crippen molar-refractivity contribution in [3.63, 3.8) is 0 Å². The molecule has 1 unspecified atom stereocenters. The first-order valence-electron chi connectivity index (χ1n) is 6.97. The second kappa shape index (κ2) is 6.58.